The Hall–Kier alpha value is -2.14. The number of hydrogen-bond donors (Lipinski definition) is 4. The van der Waals surface area contributed by atoms with Gasteiger partial charge < -0.3 is 30.7 Å². The minimum atomic E-state index is -2.20. The van der Waals surface area contributed by atoms with Gasteiger partial charge in [0.05, 0.1) is 11.7 Å². The summed E-state index contributed by atoms with van der Waals surface area (Å²) in [6.07, 6.45) is 13.4. The summed E-state index contributed by atoms with van der Waals surface area (Å²) in [6.45, 7) is 8.84. The maximum Gasteiger partial charge on any atom is 0.249 e. The Morgan fingerprint density at radius 3 is 2.31 bits per heavy atom. The molecule has 1 heterocycles. The van der Waals surface area contributed by atoms with Crippen molar-refractivity contribution in [1.29, 1.82) is 0 Å². The molecule has 4 atom stereocenters. The van der Waals surface area contributed by atoms with E-state index in [4.69, 9.17) is 0 Å². The standard InChI is InChI=1S/C31H53N5O5S/c1-4-31(24-12-7-5-8-13-24,35-23(3)34-30(21-42(40)41)17-9-6-10-18-30)29(39)36-19-11-14-26(36)28(38)32-20-22(2)27(37)33-25-15-16-25/h22,24-26,34-35H,3-21H2,1-2H3,(H,32,38)(H,33,37)(H,40,41)/p-1. The van der Waals surface area contributed by atoms with Crippen molar-refractivity contribution < 1.29 is 23.1 Å². The van der Waals surface area contributed by atoms with Gasteiger partial charge >= 0.3 is 0 Å². The number of nitrogens with zero attached hydrogens (tertiary/aromatic N) is 1. The van der Waals surface area contributed by atoms with Gasteiger partial charge in [-0.3, -0.25) is 18.6 Å². The number of carbonyl (C=O) groups is 3. The van der Waals surface area contributed by atoms with E-state index in [9.17, 15) is 23.1 Å². The fraction of sp³-hybridized carbons (Fsp3) is 0.839. The molecule has 238 valence electrons. The van der Waals surface area contributed by atoms with Gasteiger partial charge in [0.25, 0.3) is 0 Å². The summed E-state index contributed by atoms with van der Waals surface area (Å²) in [5.74, 6) is -0.114. The van der Waals surface area contributed by atoms with Crippen LogP contribution in [0.25, 0.3) is 0 Å². The minimum Gasteiger partial charge on any atom is -0.772 e. The van der Waals surface area contributed by atoms with Crippen LogP contribution in [0.1, 0.15) is 110 Å². The van der Waals surface area contributed by atoms with Gasteiger partial charge in [0.15, 0.2) is 0 Å². The molecule has 0 aromatic heterocycles. The van der Waals surface area contributed by atoms with Gasteiger partial charge in [0.2, 0.25) is 17.7 Å². The van der Waals surface area contributed by atoms with Crippen molar-refractivity contribution >= 4 is 28.8 Å². The third-order valence-electron chi connectivity index (χ3n) is 10.0. The topological polar surface area (TPSA) is 143 Å². The maximum absolute atomic E-state index is 14.6. The number of rotatable bonds is 14. The van der Waals surface area contributed by atoms with Crippen LogP contribution in [0.5, 0.6) is 0 Å². The lowest BCUT2D eigenvalue weighted by Gasteiger charge is -2.47. The molecule has 4 N–H and O–H groups in total. The Morgan fingerprint density at radius 1 is 1.02 bits per heavy atom. The molecule has 1 saturated heterocycles. The van der Waals surface area contributed by atoms with Crippen LogP contribution in [0.4, 0.5) is 0 Å². The van der Waals surface area contributed by atoms with Crippen molar-refractivity contribution in [3.63, 3.8) is 0 Å². The van der Waals surface area contributed by atoms with Gasteiger partial charge in [0.1, 0.15) is 11.6 Å². The van der Waals surface area contributed by atoms with Crippen LogP contribution < -0.4 is 21.3 Å². The second kappa shape index (κ2) is 14.6. The van der Waals surface area contributed by atoms with E-state index >= 15 is 0 Å². The molecule has 4 aliphatic rings. The lowest BCUT2D eigenvalue weighted by molar-refractivity contribution is -0.146. The first-order valence-electron chi connectivity index (χ1n) is 16.3. The summed E-state index contributed by atoms with van der Waals surface area (Å²) in [5, 5.41) is 12.9. The molecule has 11 heteroatoms. The minimum absolute atomic E-state index is 0.00960. The lowest BCUT2D eigenvalue weighted by atomic mass is 9.72. The first kappa shape index (κ1) is 32.8. The quantitative estimate of drug-likeness (QED) is 0.223. The number of amides is 3. The summed E-state index contributed by atoms with van der Waals surface area (Å²) < 4.78 is 23.6. The molecule has 3 amide bonds. The fourth-order valence-electron chi connectivity index (χ4n) is 7.41. The molecule has 1 aliphatic heterocycles. The average molecular weight is 607 g/mol. The summed E-state index contributed by atoms with van der Waals surface area (Å²) in [5.41, 5.74) is -1.54. The summed E-state index contributed by atoms with van der Waals surface area (Å²) >= 11 is -2.20. The van der Waals surface area contributed by atoms with Crippen LogP contribution in [-0.4, -0.2) is 73.4 Å². The fourth-order valence-corrected chi connectivity index (χ4v) is 8.22. The van der Waals surface area contributed by atoms with Gasteiger partial charge in [-0.05, 0) is 63.7 Å². The average Bonchev–Trinajstić information content (AvgIpc) is 3.65. The summed E-state index contributed by atoms with van der Waals surface area (Å²) in [4.78, 5) is 42.2. The van der Waals surface area contributed by atoms with E-state index in [0.29, 0.717) is 25.2 Å². The van der Waals surface area contributed by atoms with E-state index in [1.54, 1.807) is 4.90 Å². The Morgan fingerprint density at radius 2 is 1.69 bits per heavy atom. The largest absolute Gasteiger partial charge is 0.772 e. The Labute approximate surface area is 254 Å². The second-order valence-electron chi connectivity index (χ2n) is 13.3. The van der Waals surface area contributed by atoms with E-state index in [1.165, 1.54) is 0 Å². The summed E-state index contributed by atoms with van der Waals surface area (Å²) in [6, 6.07) is -0.311. The highest BCUT2D eigenvalue weighted by Gasteiger charge is 2.50. The van der Waals surface area contributed by atoms with Gasteiger partial charge in [-0.25, -0.2) is 0 Å². The molecular formula is C31H52N5O5S-. The van der Waals surface area contributed by atoms with Crippen molar-refractivity contribution in [2.24, 2.45) is 11.8 Å². The van der Waals surface area contributed by atoms with Gasteiger partial charge in [0, 0.05) is 30.4 Å². The molecular weight excluding hydrogens is 554 g/mol. The van der Waals surface area contributed by atoms with E-state index in [1.807, 2.05) is 13.8 Å². The molecule has 42 heavy (non-hydrogen) atoms. The smallest absolute Gasteiger partial charge is 0.249 e. The monoisotopic (exact) mass is 606 g/mol. The number of hydrogen-bond acceptors (Lipinski definition) is 7. The van der Waals surface area contributed by atoms with Crippen LogP contribution in [0.3, 0.4) is 0 Å². The maximum atomic E-state index is 14.6. The van der Waals surface area contributed by atoms with Crippen molar-refractivity contribution in [3.8, 4) is 0 Å². The molecule has 4 fully saturated rings. The van der Waals surface area contributed by atoms with Crippen LogP contribution >= 0.6 is 0 Å². The van der Waals surface area contributed by atoms with Crippen LogP contribution in [0, 0.1) is 11.8 Å². The molecule has 0 aromatic rings. The molecule has 10 nitrogen and oxygen atoms in total. The second-order valence-corrected chi connectivity index (χ2v) is 14.2. The zero-order valence-corrected chi connectivity index (χ0v) is 26.5. The zero-order chi connectivity index (χ0) is 30.3. The van der Waals surface area contributed by atoms with Gasteiger partial charge in [-0.1, -0.05) is 70.0 Å². The predicted octanol–water partition coefficient (Wildman–Crippen LogP) is 2.97. The van der Waals surface area contributed by atoms with Crippen LogP contribution in [0.2, 0.25) is 0 Å². The van der Waals surface area contributed by atoms with Crippen molar-refractivity contribution in [2.75, 3.05) is 18.8 Å². The molecule has 0 aromatic carbocycles. The van der Waals surface area contributed by atoms with E-state index in [-0.39, 0.29) is 47.9 Å². The molecule has 3 aliphatic carbocycles. The van der Waals surface area contributed by atoms with E-state index < -0.39 is 28.2 Å². The number of carbonyl (C=O) groups excluding carboxylic acids is 3. The van der Waals surface area contributed by atoms with Crippen molar-refractivity contribution in [1.82, 2.24) is 26.2 Å². The zero-order valence-electron chi connectivity index (χ0n) is 25.6. The normalized spacial score (nSPS) is 25.5. The predicted molar refractivity (Wildman–Crippen MR) is 163 cm³/mol. The molecule has 0 bridgehead atoms. The lowest BCUT2D eigenvalue weighted by Crippen LogP contribution is -2.65. The molecule has 3 saturated carbocycles. The van der Waals surface area contributed by atoms with Gasteiger partial charge in [-0.2, -0.15) is 0 Å². The third kappa shape index (κ3) is 8.07. The van der Waals surface area contributed by atoms with E-state index in [0.717, 1.165) is 83.5 Å². The van der Waals surface area contributed by atoms with Crippen molar-refractivity contribution in [2.45, 2.75) is 133 Å². The highest BCUT2D eigenvalue weighted by molar-refractivity contribution is 7.79. The highest BCUT2D eigenvalue weighted by Crippen LogP contribution is 2.39. The first-order chi connectivity index (χ1) is 20.1. The molecule has 0 radical (unpaired) electrons. The third-order valence-corrected chi connectivity index (χ3v) is 10.8. The Kier molecular flexibility index (Phi) is 11.4. The van der Waals surface area contributed by atoms with Crippen LogP contribution in [-0.2, 0) is 25.5 Å². The van der Waals surface area contributed by atoms with Crippen LogP contribution in [0.15, 0.2) is 12.4 Å². The first-order valence-corrected chi connectivity index (χ1v) is 17.5. The molecule has 4 rings (SSSR count). The van der Waals surface area contributed by atoms with Crippen molar-refractivity contribution in [3.05, 3.63) is 12.4 Å². The number of likely N-dealkylation sites (tertiary alicyclic amines) is 1. The van der Waals surface area contributed by atoms with E-state index in [2.05, 4.69) is 27.8 Å². The molecule has 4 unspecified atom stereocenters. The number of nitrogens with one attached hydrogen (secondary N) is 4. The van der Waals surface area contributed by atoms with Gasteiger partial charge in [-0.15, -0.1) is 0 Å². The SMILES string of the molecule is C=C(NC1(CS(=O)[O-])CCCCC1)NC(CC)(C(=O)N1CCCC1C(=O)NCC(C)C(=O)NC1CC1)C1CCCCC1. The Balaban J connectivity index is 1.49. The molecule has 0 spiro atoms. The highest BCUT2D eigenvalue weighted by atomic mass is 32.2. The summed E-state index contributed by atoms with van der Waals surface area (Å²) in [7, 11) is 0. The Bertz CT molecular complexity index is 1010.